The fourth-order valence-electron chi connectivity index (χ4n) is 15.7. The Bertz CT molecular complexity index is 5400. The quantitative estimate of drug-likeness (QED) is 0.00372. The zero-order valence-electron chi connectivity index (χ0n) is 90.4. The van der Waals surface area contributed by atoms with E-state index in [0.717, 1.165) is 0 Å². The molecule has 44 heteroatoms. The number of amides is 12. The monoisotopic (exact) mass is 2080 g/mol. The summed E-state index contributed by atoms with van der Waals surface area (Å²) >= 11 is 0. The average molecular weight is 2080 g/mol. The van der Waals surface area contributed by atoms with Crippen molar-refractivity contribution in [2.24, 2.45) is 23.0 Å². The summed E-state index contributed by atoms with van der Waals surface area (Å²) in [5.74, 6) is -14.0. The lowest BCUT2D eigenvalue weighted by atomic mass is 9.73. The molecule has 2 aromatic heterocycles. The average Bonchev–Trinajstić information content (AvgIpc) is 1.41. The number of aromatic nitrogens is 2. The normalized spacial score (nSPS) is 15.2. The van der Waals surface area contributed by atoms with E-state index in [1.54, 1.807) is 208 Å². The molecule has 1 fully saturated rings. The summed E-state index contributed by atoms with van der Waals surface area (Å²) in [4.78, 5) is 271. The van der Waals surface area contributed by atoms with Crippen molar-refractivity contribution >= 4 is 135 Å². The lowest BCUT2D eigenvalue weighted by Gasteiger charge is -2.33. The number of carboxylic acids is 1. The first-order chi connectivity index (χ1) is 68.4. The van der Waals surface area contributed by atoms with E-state index in [1.807, 2.05) is 13.8 Å². The van der Waals surface area contributed by atoms with Crippen LogP contribution in [0.4, 0.5) is 28.8 Å². The highest BCUT2D eigenvalue weighted by atomic mass is 16.7. The highest BCUT2D eigenvalue weighted by Gasteiger charge is 2.42. The van der Waals surface area contributed by atoms with Crippen LogP contribution in [-0.4, -0.2) is 260 Å². The molecule has 12 amide bonds. The number of fused-ring (bicyclic) bond motifs is 2. The number of para-hydroxylation sites is 2. The number of carbonyl (C=O) groups excluding carboxylic acids is 18. The molecule has 2 heterocycles. The van der Waals surface area contributed by atoms with Crippen molar-refractivity contribution in [2.45, 2.75) is 370 Å². The molecule has 5 rings (SSSR count). The van der Waals surface area contributed by atoms with Crippen LogP contribution in [0.2, 0.25) is 0 Å². The first-order valence-corrected chi connectivity index (χ1v) is 49.9. The largest absolute Gasteiger partial charge is 0.516 e. The third-order valence-electron chi connectivity index (χ3n) is 22.0. The number of nitrogens with one attached hydrogen (secondary N) is 13. The Morgan fingerprint density at radius 3 is 1.19 bits per heavy atom. The van der Waals surface area contributed by atoms with Crippen molar-refractivity contribution < 1.29 is 134 Å². The first-order valence-electron chi connectivity index (χ1n) is 49.9. The van der Waals surface area contributed by atoms with Crippen molar-refractivity contribution in [1.29, 1.82) is 0 Å². The van der Waals surface area contributed by atoms with Gasteiger partial charge in [-0.3, -0.25) is 66.7 Å². The van der Waals surface area contributed by atoms with Gasteiger partial charge in [0.15, 0.2) is 11.6 Å². The van der Waals surface area contributed by atoms with Gasteiger partial charge in [-0.1, -0.05) is 90.6 Å². The molecule has 4 aromatic rings. The number of nitrogens with two attached hydrogens (primary N) is 1. The van der Waals surface area contributed by atoms with E-state index in [2.05, 4.69) is 85.2 Å². The number of Topliss-reactive ketones (excluding diaryl/α,β-unsaturated/α-hetero) is 2. The maximum absolute atomic E-state index is 15.9. The number of nitrogens with zero attached hydrogens (tertiary/aromatic N) is 2. The number of esters is 1. The Balaban J connectivity index is 1.72. The number of unbranched alkanes of at least 4 members (excludes halogenated alkanes) is 1. The summed E-state index contributed by atoms with van der Waals surface area (Å²) in [6, 6.07) is -4.12. The number of hydrogen-bond acceptors (Lipinski definition) is 29. The SMILES string of the molecule is C=CCOC(=O)OC(=O)CC[C@H](NC(=O)[C@@H](CC(C)C)NC(=O)[C@@H](CC(C)C)NC(=O)[C@H](Cc1cn(C(=O)OC(C)(C)C)c2ccccc12)NC(=O)[C@H](CCNC(=O)OC(C)(C)C)NC(=O)[C@H](CCNC(=O)OC(C)(C)C)NC(=O)[C@H](CCCCNC(C)=C1C(=O)CC(C)(C)CC1=O)NC(=O)[C@H](NC(=O)[C@H](Cc1cn(C(=O)OC(C)(C)C)c2ccccc12)NC(=O)[C@@H](N)CCNC(=O)OC(C)(C)C)[C@H](C)OC(C)(C)C)C(=O)O. The minimum absolute atomic E-state index is 0.00178. The molecule has 1 saturated carbocycles. The Morgan fingerprint density at radius 1 is 0.432 bits per heavy atom. The molecule has 44 nitrogen and oxygen atoms in total. The smallest absolute Gasteiger partial charge is 0.480 e. The Labute approximate surface area is 865 Å². The fourth-order valence-corrected chi connectivity index (χ4v) is 15.7. The van der Waals surface area contributed by atoms with E-state index >= 15 is 33.6 Å². The molecule has 148 heavy (non-hydrogen) atoms. The molecule has 0 aliphatic heterocycles. The third kappa shape index (κ3) is 44.2. The third-order valence-corrected chi connectivity index (χ3v) is 22.0. The number of alkyl carbamates (subject to hydrolysis) is 3. The zero-order valence-corrected chi connectivity index (χ0v) is 90.4. The van der Waals surface area contributed by atoms with Crippen LogP contribution in [0.25, 0.3) is 21.8 Å². The van der Waals surface area contributed by atoms with Crippen LogP contribution in [0.1, 0.15) is 268 Å². The molecule has 0 radical (unpaired) electrons. The molecule has 822 valence electrons. The van der Waals surface area contributed by atoms with Gasteiger partial charge in [0.1, 0.15) is 89.0 Å². The molecule has 0 bridgehead atoms. The zero-order chi connectivity index (χ0) is 112. The Kier molecular flexibility index (Phi) is 46.8. The van der Waals surface area contributed by atoms with Gasteiger partial charge in [-0.25, -0.2) is 33.6 Å². The summed E-state index contributed by atoms with van der Waals surface area (Å²) in [6.07, 6.45) is -6.98. The van der Waals surface area contributed by atoms with E-state index in [0.29, 0.717) is 21.9 Å². The molecule has 11 atom stereocenters. The summed E-state index contributed by atoms with van der Waals surface area (Å²) in [6.45, 7) is 44.8. The van der Waals surface area contributed by atoms with Crippen molar-refractivity contribution in [3.63, 3.8) is 0 Å². The summed E-state index contributed by atoms with van der Waals surface area (Å²) in [5, 5.41) is 45.9. The van der Waals surface area contributed by atoms with Gasteiger partial charge in [-0.15, -0.1) is 0 Å². The second-order valence-corrected chi connectivity index (χ2v) is 44.4. The van der Waals surface area contributed by atoms with E-state index < -0.39 is 265 Å². The minimum atomic E-state index is -1.90. The van der Waals surface area contributed by atoms with Crippen molar-refractivity contribution in [2.75, 3.05) is 32.8 Å². The second-order valence-electron chi connectivity index (χ2n) is 44.4. The van der Waals surface area contributed by atoms with E-state index in [1.165, 1.54) is 34.5 Å². The Morgan fingerprint density at radius 2 is 0.791 bits per heavy atom. The highest BCUT2D eigenvalue weighted by molar-refractivity contribution is 6.22. The number of ether oxygens (including phenoxy) is 8. The molecule has 1 aliphatic carbocycles. The van der Waals surface area contributed by atoms with E-state index in [-0.39, 0.29) is 111 Å². The van der Waals surface area contributed by atoms with Gasteiger partial charge in [0.05, 0.1) is 34.4 Å². The number of rotatable bonds is 49. The Hall–Kier alpha value is -13.6. The molecular weight excluding hydrogens is 1920 g/mol. The molecule has 1 aliphatic rings. The number of allylic oxidation sites excluding steroid dienone is 2. The standard InChI is InChI=1S/C104H158N16O28/c1-28-49-141-97(140)142-79(123)41-40-70(91(133)134)113-86(128)71(50-58(2)3)115-87(129)72(51-59(4)5)116-88(130)73(52-62-56-119(95(138)147-102(20,21)22)75-38-31-29-35-64(62)75)117-85(127)69(44-48-109-94(137)146-101(17,18)19)111-84(126)68(43-47-108-93(136)145-100(14,15)16)110-83(125)67(37-33-34-45-106-60(6)80-77(121)54-104(26,27)55-78(80)122)112-90(132)81(61(7)143-98(8,9)10)118-89(131)74(114-82(124)66(105)42-46-107-92(135)144-99(11,12)13)53-63-57-120(96(139)148-103(23,24)25)76-39-32-30-36-65(63)76/h28-32,35-36,38-39,56-59,61,66-74,81,106H,1,33-34,37,40-55,105H2,2-27H3,(H,107,135)(H,108,136)(H,109,137)(H,110,125)(H,111,126)(H,112,132)(H,113,128)(H,114,124)(H,115,129)(H,116,130)(H,117,127)(H,118,131)(H,133,134)/t61-,66-,67-,68-,69-,70-,71+,72+,73-,74-,81+/m0/s1. The van der Waals surface area contributed by atoms with Gasteiger partial charge >= 0.3 is 48.6 Å². The number of ketones is 2. The van der Waals surface area contributed by atoms with Crippen LogP contribution < -0.4 is 74.9 Å². The molecule has 16 N–H and O–H groups in total. The van der Waals surface area contributed by atoms with Gasteiger partial charge in [0.25, 0.3) is 0 Å². The summed E-state index contributed by atoms with van der Waals surface area (Å²) < 4.78 is 46.1. The van der Waals surface area contributed by atoms with Crippen LogP contribution in [-0.2, 0) is 113 Å². The number of aliphatic carboxylic acids is 1. The van der Waals surface area contributed by atoms with Gasteiger partial charge in [0, 0.05) is 87.1 Å². The number of carboxylic acid groups (broad SMARTS) is 1. The van der Waals surface area contributed by atoms with Crippen LogP contribution >= 0.6 is 0 Å². The number of carbonyl (C=O) groups is 19. The second kappa shape index (κ2) is 55.5. The van der Waals surface area contributed by atoms with Crippen molar-refractivity contribution in [3.05, 3.63) is 96.0 Å². The lowest BCUT2D eigenvalue weighted by Crippen LogP contribution is -2.62. The predicted molar refractivity (Wildman–Crippen MR) is 548 cm³/mol. The maximum Gasteiger partial charge on any atom is 0.516 e. The number of benzene rings is 2. The lowest BCUT2D eigenvalue weighted by molar-refractivity contribution is -0.144. The fraction of sp³-hybridized carbons (Fsp3) is 0.625. The van der Waals surface area contributed by atoms with Crippen molar-refractivity contribution in [1.82, 2.24) is 78.3 Å². The first kappa shape index (κ1) is 125. The maximum atomic E-state index is 15.9. The van der Waals surface area contributed by atoms with Crippen molar-refractivity contribution in [3.8, 4) is 0 Å². The van der Waals surface area contributed by atoms with Gasteiger partial charge in [-0.2, -0.15) is 0 Å². The predicted octanol–water partition coefficient (Wildman–Crippen LogP) is 9.40. The molecule has 0 saturated heterocycles. The highest BCUT2D eigenvalue weighted by Crippen LogP contribution is 2.35. The topological polar surface area (TPSA) is 611 Å². The summed E-state index contributed by atoms with van der Waals surface area (Å²) in [5.41, 5.74) is 1.16. The summed E-state index contributed by atoms with van der Waals surface area (Å²) in [7, 11) is 0. The molecule has 2 aromatic carbocycles. The molecular formula is C104H158N16O28. The van der Waals surface area contributed by atoms with Gasteiger partial charge in [-0.05, 0) is 237 Å². The van der Waals surface area contributed by atoms with Gasteiger partial charge in [0.2, 0.25) is 53.2 Å². The van der Waals surface area contributed by atoms with Gasteiger partial charge < -0.3 is 118 Å². The van der Waals surface area contributed by atoms with Crippen LogP contribution in [0.5, 0.6) is 0 Å². The minimum Gasteiger partial charge on any atom is -0.480 e. The van der Waals surface area contributed by atoms with E-state index in [9.17, 15) is 62.6 Å². The number of hydrogen-bond donors (Lipinski definition) is 15. The van der Waals surface area contributed by atoms with Crippen LogP contribution in [0.3, 0.4) is 0 Å². The molecule has 0 unspecified atom stereocenters. The molecule has 0 spiro atoms. The van der Waals surface area contributed by atoms with E-state index in [4.69, 9.17) is 34.2 Å². The van der Waals surface area contributed by atoms with Crippen LogP contribution in [0.15, 0.2) is 84.8 Å². The van der Waals surface area contributed by atoms with Crippen LogP contribution in [0, 0.1) is 17.3 Å².